The molecule has 1 aromatic heterocycles. The van der Waals surface area contributed by atoms with Gasteiger partial charge in [-0.3, -0.25) is 4.79 Å². The lowest BCUT2D eigenvalue weighted by Gasteiger charge is -2.25. The summed E-state index contributed by atoms with van der Waals surface area (Å²) in [5, 5.41) is 0. The Kier molecular flexibility index (Phi) is 10.1. The number of halogens is 4. The Labute approximate surface area is 223 Å². The van der Waals surface area contributed by atoms with Gasteiger partial charge in [0.15, 0.2) is 0 Å². The van der Waals surface area contributed by atoms with Crippen molar-refractivity contribution in [3.8, 4) is 0 Å². The fraction of sp³-hybridized carbons (Fsp3) is 0.581. The number of hydrogen-bond acceptors (Lipinski definition) is 3. The molecule has 2 aromatic rings. The van der Waals surface area contributed by atoms with Crippen LogP contribution in [0.1, 0.15) is 117 Å². The number of benzene rings is 1. The minimum absolute atomic E-state index is 0.0227. The molecule has 0 bridgehead atoms. The third-order valence-electron chi connectivity index (χ3n) is 8.14. The molecular weight excluding hydrogens is 492 g/mol. The molecule has 1 saturated carbocycles. The summed E-state index contributed by atoms with van der Waals surface area (Å²) in [5.74, 6) is 0.00962. The van der Waals surface area contributed by atoms with Crippen LogP contribution >= 0.6 is 0 Å². The van der Waals surface area contributed by atoms with Crippen molar-refractivity contribution >= 4 is 11.9 Å². The van der Waals surface area contributed by atoms with E-state index in [-0.39, 0.29) is 24.2 Å². The summed E-state index contributed by atoms with van der Waals surface area (Å²) in [6.07, 6.45) is 14.8. The molecule has 0 saturated heterocycles. The van der Waals surface area contributed by atoms with Gasteiger partial charge in [0, 0.05) is 24.3 Å². The lowest BCUT2D eigenvalue weighted by atomic mass is 9.81. The highest BCUT2D eigenvalue weighted by molar-refractivity contribution is 5.78. The zero-order valence-electron chi connectivity index (χ0n) is 22.0. The van der Waals surface area contributed by atoms with Gasteiger partial charge in [-0.1, -0.05) is 56.4 Å². The van der Waals surface area contributed by atoms with Crippen LogP contribution < -0.4 is 0 Å². The highest BCUT2D eigenvalue weighted by Crippen LogP contribution is 2.36. The predicted molar refractivity (Wildman–Crippen MR) is 141 cm³/mol. The Balaban J connectivity index is 1.17. The lowest BCUT2D eigenvalue weighted by Crippen LogP contribution is -2.12. The van der Waals surface area contributed by atoms with Crippen molar-refractivity contribution in [2.75, 3.05) is 0 Å². The van der Waals surface area contributed by atoms with Crippen LogP contribution in [-0.4, -0.2) is 15.8 Å². The Bertz CT molecular complexity index is 1100. The van der Waals surface area contributed by atoms with Crippen molar-refractivity contribution in [2.24, 2.45) is 5.92 Å². The maximum absolute atomic E-state index is 14.2. The highest BCUT2D eigenvalue weighted by Gasteiger charge is 2.34. The summed E-state index contributed by atoms with van der Waals surface area (Å²) in [7, 11) is 0. The second kappa shape index (κ2) is 13.5. The van der Waals surface area contributed by atoms with Crippen LogP contribution in [0.2, 0.25) is 0 Å². The number of Topliss-reactive ketones (excluding diaryl/α,β-unsaturated/α-hetero) is 1. The van der Waals surface area contributed by atoms with Crippen LogP contribution in [0.4, 0.5) is 17.6 Å². The predicted octanol–water partition coefficient (Wildman–Crippen LogP) is 8.80. The standard InChI is InChI=1S/C31H38F4N2O/c32-29-23(13-8-19-27(29)31(33,34)35)12-7-17-25(38)16-6-11-22-9-4-14-24(15-5-10-22)30-26-18-2-1-3-20-28(26)36-21-37-30/h2,8,13,18-19,21-22,24H,1,3-7,9-12,14-17,20H2. The van der Waals surface area contributed by atoms with Crippen molar-refractivity contribution in [3.63, 3.8) is 0 Å². The van der Waals surface area contributed by atoms with E-state index >= 15 is 0 Å². The molecule has 7 heteroatoms. The molecule has 0 atom stereocenters. The smallest absolute Gasteiger partial charge is 0.300 e. The fourth-order valence-electron chi connectivity index (χ4n) is 6.08. The molecular formula is C31H38F4N2O. The van der Waals surface area contributed by atoms with Crippen molar-refractivity contribution in [1.82, 2.24) is 9.97 Å². The van der Waals surface area contributed by atoms with Gasteiger partial charge in [0.25, 0.3) is 0 Å². The minimum atomic E-state index is -4.71. The minimum Gasteiger partial charge on any atom is -0.300 e. The van der Waals surface area contributed by atoms with E-state index in [4.69, 9.17) is 4.98 Å². The molecule has 1 aromatic carbocycles. The monoisotopic (exact) mass is 530 g/mol. The average Bonchev–Trinajstić information content (AvgIpc) is 3.11. The normalized spacial score (nSPS) is 20.3. The number of hydrogen-bond donors (Lipinski definition) is 0. The summed E-state index contributed by atoms with van der Waals surface area (Å²) < 4.78 is 52.8. The maximum atomic E-state index is 14.2. The zero-order valence-corrected chi connectivity index (χ0v) is 22.0. The quantitative estimate of drug-likeness (QED) is 0.304. The van der Waals surface area contributed by atoms with Crippen molar-refractivity contribution in [3.05, 3.63) is 64.5 Å². The zero-order chi connectivity index (χ0) is 27.0. The maximum Gasteiger partial charge on any atom is 0.419 e. The molecule has 206 valence electrons. The van der Waals surface area contributed by atoms with Crippen LogP contribution in [0.25, 0.3) is 6.08 Å². The number of alkyl halides is 3. The van der Waals surface area contributed by atoms with E-state index in [1.165, 1.54) is 41.9 Å². The van der Waals surface area contributed by atoms with Gasteiger partial charge in [-0.25, -0.2) is 14.4 Å². The van der Waals surface area contributed by atoms with Gasteiger partial charge in [0.05, 0.1) is 17.0 Å². The fourth-order valence-corrected chi connectivity index (χ4v) is 6.08. The van der Waals surface area contributed by atoms with E-state index in [1.54, 1.807) is 6.33 Å². The van der Waals surface area contributed by atoms with E-state index in [1.807, 2.05) is 0 Å². The Morgan fingerprint density at radius 1 is 0.974 bits per heavy atom. The van der Waals surface area contributed by atoms with Gasteiger partial charge in [-0.05, 0) is 68.9 Å². The number of carbonyl (C=O) groups is 1. The molecule has 38 heavy (non-hydrogen) atoms. The molecule has 0 amide bonds. The molecule has 1 fully saturated rings. The molecule has 4 rings (SSSR count). The number of ketones is 1. The Morgan fingerprint density at radius 2 is 1.74 bits per heavy atom. The summed E-state index contributed by atoms with van der Waals surface area (Å²) in [5.41, 5.74) is 2.45. The third-order valence-corrected chi connectivity index (χ3v) is 8.14. The topological polar surface area (TPSA) is 42.9 Å². The summed E-state index contributed by atoms with van der Waals surface area (Å²) in [6.45, 7) is 0. The molecule has 0 radical (unpaired) electrons. The van der Waals surface area contributed by atoms with Crippen molar-refractivity contribution < 1.29 is 22.4 Å². The summed E-state index contributed by atoms with van der Waals surface area (Å²) in [6, 6.07) is 3.34. The second-order valence-corrected chi connectivity index (χ2v) is 10.9. The van der Waals surface area contributed by atoms with Gasteiger partial charge >= 0.3 is 6.18 Å². The number of rotatable bonds is 9. The first-order valence-corrected chi connectivity index (χ1v) is 14.2. The molecule has 3 nitrogen and oxygen atoms in total. The van der Waals surface area contributed by atoms with Gasteiger partial charge in [0.2, 0.25) is 0 Å². The number of carbonyl (C=O) groups excluding carboxylic acids is 1. The van der Waals surface area contributed by atoms with Crippen LogP contribution in [0.5, 0.6) is 0 Å². The number of nitrogens with zero attached hydrogens (tertiary/aromatic N) is 2. The van der Waals surface area contributed by atoms with Crippen molar-refractivity contribution in [1.29, 1.82) is 0 Å². The van der Waals surface area contributed by atoms with Gasteiger partial charge in [-0.2, -0.15) is 13.2 Å². The first-order chi connectivity index (χ1) is 18.3. The van der Waals surface area contributed by atoms with E-state index in [0.717, 1.165) is 63.9 Å². The number of fused-ring (bicyclic) bond motifs is 1. The van der Waals surface area contributed by atoms with E-state index in [0.29, 0.717) is 24.7 Å². The van der Waals surface area contributed by atoms with Gasteiger partial charge in [-0.15, -0.1) is 0 Å². The first kappa shape index (κ1) is 28.4. The van der Waals surface area contributed by atoms with Gasteiger partial charge in [0.1, 0.15) is 17.9 Å². The van der Waals surface area contributed by atoms with Crippen LogP contribution in [0.15, 0.2) is 30.6 Å². The van der Waals surface area contributed by atoms with E-state index < -0.39 is 17.6 Å². The lowest BCUT2D eigenvalue weighted by molar-refractivity contribution is -0.140. The van der Waals surface area contributed by atoms with Gasteiger partial charge < -0.3 is 0 Å². The number of allylic oxidation sites excluding steroid dienone is 1. The molecule has 0 spiro atoms. The molecule has 2 aliphatic rings. The first-order valence-electron chi connectivity index (χ1n) is 14.2. The van der Waals surface area contributed by atoms with Crippen LogP contribution in [0, 0.1) is 11.7 Å². The highest BCUT2D eigenvalue weighted by atomic mass is 19.4. The van der Waals surface area contributed by atoms with Crippen molar-refractivity contribution in [2.45, 2.75) is 108 Å². The Hall–Kier alpha value is -2.57. The third kappa shape index (κ3) is 7.73. The van der Waals surface area contributed by atoms with E-state index in [9.17, 15) is 22.4 Å². The molecule has 2 aliphatic carbocycles. The largest absolute Gasteiger partial charge is 0.419 e. The average molecular weight is 531 g/mol. The second-order valence-electron chi connectivity index (χ2n) is 10.9. The molecule has 0 aliphatic heterocycles. The van der Waals surface area contributed by atoms with Crippen LogP contribution in [-0.2, 0) is 23.8 Å². The van der Waals surface area contributed by atoms with Crippen LogP contribution in [0.3, 0.4) is 0 Å². The molecule has 0 N–H and O–H groups in total. The molecule has 0 unspecified atom stereocenters. The summed E-state index contributed by atoms with van der Waals surface area (Å²) >= 11 is 0. The Morgan fingerprint density at radius 3 is 2.50 bits per heavy atom. The number of aryl methyl sites for hydroxylation is 2. The SMILES string of the molecule is O=C(CCCc1cccc(C(F)(F)F)c1F)CCCC1CCCC(c2ncnc3c2C=CCCC3)CCC1. The summed E-state index contributed by atoms with van der Waals surface area (Å²) in [4.78, 5) is 21.6. The molecule has 1 heterocycles. The van der Waals surface area contributed by atoms with E-state index in [2.05, 4.69) is 17.1 Å². The number of aromatic nitrogens is 2.